The number of hydrogen-bond acceptors (Lipinski definition) is 3. The van der Waals surface area contributed by atoms with Gasteiger partial charge in [-0.25, -0.2) is 0 Å². The van der Waals surface area contributed by atoms with Gasteiger partial charge in [0, 0.05) is 10.6 Å². The van der Waals surface area contributed by atoms with Gasteiger partial charge < -0.3 is 11.1 Å². The van der Waals surface area contributed by atoms with Crippen LogP contribution in [0, 0.1) is 0 Å². The van der Waals surface area contributed by atoms with E-state index in [-0.39, 0.29) is 5.91 Å². The Balaban J connectivity index is 1.71. The molecule has 3 N–H and O–H groups in total. The molecule has 2 aromatic rings. The Morgan fingerprint density at radius 2 is 1.83 bits per heavy atom. The number of hydrogen-bond donors (Lipinski definition) is 2. The lowest BCUT2D eigenvalue weighted by Crippen LogP contribution is -2.36. The maximum Gasteiger partial charge on any atom is 0.241 e. The first kappa shape index (κ1) is 18.6. The Kier molecular flexibility index (Phi) is 7.86. The summed E-state index contributed by atoms with van der Waals surface area (Å²) in [7, 11) is 0. The largest absolute Gasteiger partial charge is 0.325 e. The van der Waals surface area contributed by atoms with Crippen molar-refractivity contribution in [2.24, 2.45) is 5.73 Å². The van der Waals surface area contributed by atoms with Gasteiger partial charge in [0.1, 0.15) is 0 Å². The highest BCUT2D eigenvalue weighted by Gasteiger charge is 2.13. The van der Waals surface area contributed by atoms with Gasteiger partial charge in [0.15, 0.2) is 0 Å². The predicted octanol–water partition coefficient (Wildman–Crippen LogP) is 4.48. The number of benzene rings is 2. The van der Waals surface area contributed by atoms with Crippen molar-refractivity contribution >= 4 is 23.4 Å². The molecular formula is C20H26N2OS. The molecule has 24 heavy (non-hydrogen) atoms. The lowest BCUT2D eigenvalue weighted by molar-refractivity contribution is -0.117. The van der Waals surface area contributed by atoms with Crippen molar-refractivity contribution < 1.29 is 4.79 Å². The fourth-order valence-electron chi connectivity index (χ4n) is 2.32. The maximum absolute atomic E-state index is 12.1. The molecule has 0 radical (unpaired) electrons. The van der Waals surface area contributed by atoms with Crippen LogP contribution in [0.3, 0.4) is 0 Å². The number of aryl methyl sites for hydroxylation is 1. The summed E-state index contributed by atoms with van der Waals surface area (Å²) in [6, 6.07) is 17.6. The zero-order valence-electron chi connectivity index (χ0n) is 14.2. The lowest BCUT2D eigenvalue weighted by atomic mass is 10.1. The summed E-state index contributed by atoms with van der Waals surface area (Å²) < 4.78 is 0. The number of para-hydroxylation sites is 1. The Morgan fingerprint density at radius 1 is 1.12 bits per heavy atom. The van der Waals surface area contributed by atoms with Crippen molar-refractivity contribution in [2.45, 2.75) is 43.5 Å². The molecule has 2 aromatic carbocycles. The minimum absolute atomic E-state index is 0.128. The number of rotatable bonds is 9. The zero-order valence-corrected chi connectivity index (χ0v) is 15.0. The summed E-state index contributed by atoms with van der Waals surface area (Å²) in [4.78, 5) is 13.3. The van der Waals surface area contributed by atoms with Crippen LogP contribution in [-0.2, 0) is 11.2 Å². The molecule has 4 heteroatoms. The molecule has 0 aliphatic heterocycles. The van der Waals surface area contributed by atoms with Gasteiger partial charge in [0.2, 0.25) is 5.91 Å². The van der Waals surface area contributed by atoms with Gasteiger partial charge in [-0.2, -0.15) is 0 Å². The maximum atomic E-state index is 12.1. The van der Waals surface area contributed by atoms with Crippen molar-refractivity contribution in [1.82, 2.24) is 0 Å². The van der Waals surface area contributed by atoms with E-state index in [1.807, 2.05) is 30.3 Å². The first-order valence-corrected chi connectivity index (χ1v) is 9.51. The average Bonchev–Trinajstić information content (AvgIpc) is 2.61. The molecular weight excluding hydrogens is 316 g/mol. The smallest absolute Gasteiger partial charge is 0.241 e. The van der Waals surface area contributed by atoms with Crippen LogP contribution in [0.15, 0.2) is 59.5 Å². The van der Waals surface area contributed by atoms with Gasteiger partial charge in [0.25, 0.3) is 0 Å². The predicted molar refractivity (Wildman–Crippen MR) is 103 cm³/mol. The summed E-state index contributed by atoms with van der Waals surface area (Å²) in [5.74, 6) is 0.703. The number of carbonyl (C=O) groups is 1. The van der Waals surface area contributed by atoms with Gasteiger partial charge in [-0.3, -0.25) is 4.79 Å². The molecule has 2 rings (SSSR count). The highest BCUT2D eigenvalue weighted by molar-refractivity contribution is 7.99. The van der Waals surface area contributed by atoms with Crippen LogP contribution in [0.2, 0.25) is 0 Å². The van der Waals surface area contributed by atoms with Crippen LogP contribution >= 0.6 is 11.8 Å². The van der Waals surface area contributed by atoms with E-state index >= 15 is 0 Å². The fraction of sp³-hybridized carbons (Fsp3) is 0.350. The summed E-state index contributed by atoms with van der Waals surface area (Å²) in [5.41, 5.74) is 8.16. The Hall–Kier alpha value is -1.78. The van der Waals surface area contributed by atoms with E-state index < -0.39 is 6.04 Å². The molecule has 0 bridgehead atoms. The summed E-state index contributed by atoms with van der Waals surface area (Å²) >= 11 is 1.75. The van der Waals surface area contributed by atoms with Gasteiger partial charge in [-0.1, -0.05) is 43.7 Å². The molecule has 1 amide bonds. The molecule has 3 nitrogen and oxygen atoms in total. The Morgan fingerprint density at radius 3 is 2.50 bits per heavy atom. The highest BCUT2D eigenvalue weighted by Crippen LogP contribution is 2.20. The summed E-state index contributed by atoms with van der Waals surface area (Å²) in [6.45, 7) is 2.21. The summed E-state index contributed by atoms with van der Waals surface area (Å²) in [5, 5.41) is 2.84. The molecule has 1 atom stereocenters. The molecule has 0 saturated heterocycles. The number of anilines is 1. The van der Waals surface area contributed by atoms with Crippen molar-refractivity contribution in [3.05, 3.63) is 60.2 Å². The van der Waals surface area contributed by atoms with E-state index in [2.05, 4.69) is 36.5 Å². The monoisotopic (exact) mass is 342 g/mol. The molecule has 0 saturated carbocycles. The zero-order chi connectivity index (χ0) is 17.2. The topological polar surface area (TPSA) is 55.1 Å². The number of thioether (sulfide) groups is 1. The van der Waals surface area contributed by atoms with Gasteiger partial charge >= 0.3 is 0 Å². The highest BCUT2D eigenvalue weighted by atomic mass is 32.2. The standard InChI is InChI=1S/C20H26N2OS/c1-2-3-7-16-10-12-18(13-11-16)24-15-14-19(21)20(23)22-17-8-5-4-6-9-17/h4-6,8-13,19H,2-3,7,14-15,21H2,1H3,(H,22,23). The van der Waals surface area contributed by atoms with Crippen LogP contribution in [0.5, 0.6) is 0 Å². The van der Waals surface area contributed by atoms with Crippen LogP contribution in [0.4, 0.5) is 5.69 Å². The van der Waals surface area contributed by atoms with Crippen molar-refractivity contribution in [1.29, 1.82) is 0 Å². The van der Waals surface area contributed by atoms with E-state index in [1.54, 1.807) is 11.8 Å². The molecule has 0 spiro atoms. The number of nitrogens with two attached hydrogens (primary N) is 1. The van der Waals surface area contributed by atoms with E-state index in [1.165, 1.54) is 23.3 Å². The third-order valence-electron chi connectivity index (χ3n) is 3.82. The third-order valence-corrected chi connectivity index (χ3v) is 4.86. The number of unbranched alkanes of at least 4 members (excludes halogenated alkanes) is 1. The first-order valence-electron chi connectivity index (χ1n) is 8.52. The number of carbonyl (C=O) groups excluding carboxylic acids is 1. The minimum atomic E-state index is -0.485. The minimum Gasteiger partial charge on any atom is -0.325 e. The molecule has 1 unspecified atom stereocenters. The van der Waals surface area contributed by atoms with Gasteiger partial charge in [-0.15, -0.1) is 11.8 Å². The quantitative estimate of drug-likeness (QED) is 0.661. The SMILES string of the molecule is CCCCc1ccc(SCCC(N)C(=O)Nc2ccccc2)cc1. The van der Waals surface area contributed by atoms with Crippen LogP contribution in [-0.4, -0.2) is 17.7 Å². The second-order valence-corrected chi connectivity index (χ2v) is 7.01. The number of amides is 1. The van der Waals surface area contributed by atoms with E-state index in [0.29, 0.717) is 6.42 Å². The Labute approximate surface area is 149 Å². The van der Waals surface area contributed by atoms with Crippen LogP contribution in [0.1, 0.15) is 31.7 Å². The first-order chi connectivity index (χ1) is 11.7. The van der Waals surface area contributed by atoms with E-state index in [4.69, 9.17) is 5.73 Å². The second kappa shape index (κ2) is 10.2. The Bertz CT molecular complexity index is 613. The van der Waals surface area contributed by atoms with E-state index in [0.717, 1.165) is 17.9 Å². The average molecular weight is 343 g/mol. The molecule has 0 heterocycles. The van der Waals surface area contributed by atoms with Crippen LogP contribution in [0.25, 0.3) is 0 Å². The van der Waals surface area contributed by atoms with Crippen molar-refractivity contribution in [3.8, 4) is 0 Å². The third kappa shape index (κ3) is 6.38. The van der Waals surface area contributed by atoms with Crippen molar-refractivity contribution in [3.63, 3.8) is 0 Å². The van der Waals surface area contributed by atoms with Crippen molar-refractivity contribution in [2.75, 3.05) is 11.1 Å². The molecule has 0 aliphatic rings. The van der Waals surface area contributed by atoms with Crippen LogP contribution < -0.4 is 11.1 Å². The van der Waals surface area contributed by atoms with E-state index in [9.17, 15) is 4.79 Å². The summed E-state index contributed by atoms with van der Waals surface area (Å²) in [6.07, 6.45) is 4.25. The molecule has 0 fully saturated rings. The van der Waals surface area contributed by atoms with Gasteiger partial charge in [-0.05, 0) is 54.8 Å². The molecule has 0 aromatic heterocycles. The lowest BCUT2D eigenvalue weighted by Gasteiger charge is -2.12. The number of nitrogens with one attached hydrogen (secondary N) is 1. The molecule has 0 aliphatic carbocycles. The fourth-order valence-corrected chi connectivity index (χ4v) is 3.26. The second-order valence-electron chi connectivity index (χ2n) is 5.85. The molecule has 128 valence electrons. The van der Waals surface area contributed by atoms with Gasteiger partial charge in [0.05, 0.1) is 6.04 Å². The normalized spacial score (nSPS) is 11.9.